The molecule has 4 N–H and O–H groups in total. The summed E-state index contributed by atoms with van der Waals surface area (Å²) in [6, 6.07) is 11.5. The predicted molar refractivity (Wildman–Crippen MR) is 89.4 cm³/mol. The normalized spacial score (nSPS) is 14.5. The molecule has 0 spiro atoms. The zero-order valence-corrected chi connectivity index (χ0v) is 12.0. The van der Waals surface area contributed by atoms with Crippen molar-refractivity contribution in [1.82, 2.24) is 0 Å². The molecule has 0 aliphatic carbocycles. The molecule has 5 heteroatoms. The minimum absolute atomic E-state index is 0.0784. The third-order valence-electron chi connectivity index (χ3n) is 3.96. The van der Waals surface area contributed by atoms with Crippen molar-refractivity contribution in [2.24, 2.45) is 0 Å². The van der Waals surface area contributed by atoms with Crippen LogP contribution in [0, 0.1) is 0 Å². The van der Waals surface area contributed by atoms with Gasteiger partial charge in [0.25, 0.3) is 5.91 Å². The standard InChI is InChI=1S/C17H16N4O/c1-10-19-15-6-5-11(9-16(15)20-10)21-17(22)13-3-2-4-14-12(13)7-8-18-14/h2-6,9,18-20H,1,7-8H2,(H,21,22). The summed E-state index contributed by atoms with van der Waals surface area (Å²) in [4.78, 5) is 12.5. The maximum absolute atomic E-state index is 12.5. The quantitative estimate of drug-likeness (QED) is 0.686. The summed E-state index contributed by atoms with van der Waals surface area (Å²) in [5.41, 5.74) is 5.53. The molecule has 110 valence electrons. The van der Waals surface area contributed by atoms with Gasteiger partial charge in [0.2, 0.25) is 0 Å². The van der Waals surface area contributed by atoms with Crippen molar-refractivity contribution in [3.8, 4) is 0 Å². The van der Waals surface area contributed by atoms with Crippen LogP contribution in [0.1, 0.15) is 15.9 Å². The van der Waals surface area contributed by atoms with Crippen LogP contribution < -0.4 is 21.3 Å². The number of hydrogen-bond acceptors (Lipinski definition) is 4. The lowest BCUT2D eigenvalue weighted by Crippen LogP contribution is -2.13. The molecule has 0 atom stereocenters. The first-order chi connectivity index (χ1) is 10.7. The molecule has 1 amide bonds. The molecule has 2 heterocycles. The van der Waals surface area contributed by atoms with E-state index in [-0.39, 0.29) is 5.91 Å². The van der Waals surface area contributed by atoms with Crippen molar-refractivity contribution in [1.29, 1.82) is 0 Å². The van der Waals surface area contributed by atoms with Gasteiger partial charge in [-0.05, 0) is 42.3 Å². The lowest BCUT2D eigenvalue weighted by atomic mass is 10.0. The van der Waals surface area contributed by atoms with Gasteiger partial charge in [0.05, 0.1) is 11.4 Å². The predicted octanol–water partition coefficient (Wildman–Crippen LogP) is 3.22. The van der Waals surface area contributed by atoms with Crippen LogP contribution in [0.3, 0.4) is 0 Å². The summed E-state index contributed by atoms with van der Waals surface area (Å²) in [6.45, 7) is 4.71. The fourth-order valence-electron chi connectivity index (χ4n) is 2.95. The Morgan fingerprint density at radius 2 is 1.95 bits per heavy atom. The number of nitrogens with one attached hydrogen (secondary N) is 4. The molecule has 0 bridgehead atoms. The molecule has 0 saturated carbocycles. The maximum atomic E-state index is 12.5. The second kappa shape index (κ2) is 4.80. The molecule has 2 aliphatic rings. The van der Waals surface area contributed by atoms with Crippen LogP contribution in [0.15, 0.2) is 48.8 Å². The van der Waals surface area contributed by atoms with Gasteiger partial charge < -0.3 is 21.3 Å². The van der Waals surface area contributed by atoms with Crippen LogP contribution in [-0.2, 0) is 6.42 Å². The Balaban J connectivity index is 1.60. The van der Waals surface area contributed by atoms with E-state index in [1.54, 1.807) is 0 Å². The molecule has 5 nitrogen and oxygen atoms in total. The first kappa shape index (κ1) is 12.8. The molecular formula is C17H16N4O. The van der Waals surface area contributed by atoms with Gasteiger partial charge >= 0.3 is 0 Å². The average molecular weight is 292 g/mol. The topological polar surface area (TPSA) is 65.2 Å². The fourth-order valence-corrected chi connectivity index (χ4v) is 2.95. The Labute approximate surface area is 128 Å². The molecule has 0 unspecified atom stereocenters. The lowest BCUT2D eigenvalue weighted by Gasteiger charge is -2.10. The minimum Gasteiger partial charge on any atom is -0.384 e. The van der Waals surface area contributed by atoms with Crippen LogP contribution >= 0.6 is 0 Å². The van der Waals surface area contributed by atoms with Crippen molar-refractivity contribution >= 4 is 28.7 Å². The van der Waals surface area contributed by atoms with E-state index in [0.29, 0.717) is 0 Å². The van der Waals surface area contributed by atoms with Crippen LogP contribution in [0.25, 0.3) is 0 Å². The zero-order chi connectivity index (χ0) is 15.1. The van der Waals surface area contributed by atoms with Gasteiger partial charge in [0.1, 0.15) is 5.82 Å². The second-order valence-electron chi connectivity index (χ2n) is 5.45. The van der Waals surface area contributed by atoms with Crippen molar-refractivity contribution in [3.05, 3.63) is 59.9 Å². The van der Waals surface area contributed by atoms with E-state index in [9.17, 15) is 4.79 Å². The summed E-state index contributed by atoms with van der Waals surface area (Å²) in [5, 5.41) is 12.5. The van der Waals surface area contributed by atoms with E-state index in [1.165, 1.54) is 0 Å². The van der Waals surface area contributed by atoms with Crippen LogP contribution in [0.2, 0.25) is 0 Å². The molecule has 2 aromatic carbocycles. The molecule has 2 aromatic rings. The van der Waals surface area contributed by atoms with Gasteiger partial charge in [0.15, 0.2) is 0 Å². The molecule has 0 radical (unpaired) electrons. The lowest BCUT2D eigenvalue weighted by molar-refractivity contribution is 0.102. The summed E-state index contributed by atoms with van der Waals surface area (Å²) in [6.07, 6.45) is 0.883. The Kier molecular flexibility index (Phi) is 2.79. The number of carbonyl (C=O) groups is 1. The fraction of sp³-hybridized carbons (Fsp3) is 0.118. The van der Waals surface area contributed by atoms with Gasteiger partial charge in [0, 0.05) is 23.5 Å². The maximum Gasteiger partial charge on any atom is 0.256 e. The molecule has 0 saturated heterocycles. The van der Waals surface area contributed by atoms with Crippen molar-refractivity contribution in [3.63, 3.8) is 0 Å². The Hall–Kier alpha value is -2.95. The highest BCUT2D eigenvalue weighted by molar-refractivity contribution is 6.07. The van der Waals surface area contributed by atoms with Gasteiger partial charge in [-0.2, -0.15) is 0 Å². The molecule has 0 fully saturated rings. The summed E-state index contributed by atoms with van der Waals surface area (Å²) >= 11 is 0. The van der Waals surface area contributed by atoms with Crippen LogP contribution in [0.4, 0.5) is 22.7 Å². The summed E-state index contributed by atoms with van der Waals surface area (Å²) in [5.74, 6) is 0.663. The molecule has 2 aliphatic heterocycles. The van der Waals surface area contributed by atoms with Crippen molar-refractivity contribution < 1.29 is 4.79 Å². The number of amides is 1. The van der Waals surface area contributed by atoms with Crippen molar-refractivity contribution in [2.75, 3.05) is 27.8 Å². The van der Waals surface area contributed by atoms with E-state index >= 15 is 0 Å². The SMILES string of the molecule is C=C1Nc2ccc(NC(=O)c3cccc4c3CCN4)cc2N1. The van der Waals surface area contributed by atoms with Crippen LogP contribution in [0.5, 0.6) is 0 Å². The van der Waals surface area contributed by atoms with Crippen molar-refractivity contribution in [2.45, 2.75) is 6.42 Å². The van der Waals surface area contributed by atoms with Gasteiger partial charge in [-0.15, -0.1) is 0 Å². The summed E-state index contributed by atoms with van der Waals surface area (Å²) < 4.78 is 0. The van der Waals surface area contributed by atoms with Gasteiger partial charge in [-0.3, -0.25) is 4.79 Å². The molecular weight excluding hydrogens is 276 g/mol. The highest BCUT2D eigenvalue weighted by Gasteiger charge is 2.19. The largest absolute Gasteiger partial charge is 0.384 e. The first-order valence-corrected chi connectivity index (χ1v) is 7.25. The average Bonchev–Trinajstić information content (AvgIpc) is 3.11. The number of rotatable bonds is 2. The van der Waals surface area contributed by atoms with E-state index < -0.39 is 0 Å². The van der Waals surface area contributed by atoms with Crippen LogP contribution in [-0.4, -0.2) is 12.5 Å². The van der Waals surface area contributed by atoms with E-state index in [2.05, 4.69) is 27.8 Å². The summed E-state index contributed by atoms with van der Waals surface area (Å²) in [7, 11) is 0. The number of carbonyl (C=O) groups excluding carboxylic acids is 1. The zero-order valence-electron chi connectivity index (χ0n) is 12.0. The smallest absolute Gasteiger partial charge is 0.256 e. The Morgan fingerprint density at radius 1 is 1.09 bits per heavy atom. The van der Waals surface area contributed by atoms with E-state index in [0.717, 1.165) is 52.7 Å². The van der Waals surface area contributed by atoms with E-state index in [4.69, 9.17) is 0 Å². The third kappa shape index (κ3) is 2.07. The van der Waals surface area contributed by atoms with Gasteiger partial charge in [-0.25, -0.2) is 0 Å². The number of fused-ring (bicyclic) bond motifs is 2. The second-order valence-corrected chi connectivity index (χ2v) is 5.45. The molecule has 4 rings (SSSR count). The highest BCUT2D eigenvalue weighted by Crippen LogP contribution is 2.33. The number of benzene rings is 2. The Morgan fingerprint density at radius 3 is 2.86 bits per heavy atom. The van der Waals surface area contributed by atoms with Gasteiger partial charge in [-0.1, -0.05) is 12.6 Å². The first-order valence-electron chi connectivity index (χ1n) is 7.25. The minimum atomic E-state index is -0.0784. The third-order valence-corrected chi connectivity index (χ3v) is 3.96. The molecule has 0 aromatic heterocycles. The van der Waals surface area contributed by atoms with E-state index in [1.807, 2.05) is 36.4 Å². The highest BCUT2D eigenvalue weighted by atomic mass is 16.1. The molecule has 22 heavy (non-hydrogen) atoms. The number of anilines is 4. The Bertz CT molecular complexity index is 797. The monoisotopic (exact) mass is 292 g/mol. The number of hydrogen-bond donors (Lipinski definition) is 4.